The number of fused-ring (bicyclic) bond motifs is 1. The maximum atomic E-state index is 13.3. The summed E-state index contributed by atoms with van der Waals surface area (Å²) in [4.78, 5) is 12.3. The van der Waals surface area contributed by atoms with Gasteiger partial charge in [0.05, 0.1) is 18.2 Å². The van der Waals surface area contributed by atoms with E-state index < -0.39 is 36.0 Å². The fraction of sp³-hybridized carbons (Fsp3) is 0.133. The van der Waals surface area contributed by atoms with Crippen molar-refractivity contribution in [1.29, 1.82) is 0 Å². The average molecular weight is 336 g/mol. The Bertz CT molecular complexity index is 890. The molecule has 0 radical (unpaired) electrons. The first-order chi connectivity index (χ1) is 11.5. The van der Waals surface area contributed by atoms with Crippen LogP contribution in [0.15, 0.2) is 36.8 Å². The standard InChI is InChI=1S/C15H11F3N4O2/c16-10-3-9(4-11(17)14(10)18)12(6-23)20-15(24)8-1-2-13-21-19-7-22(13)5-8/h1-5,7,12,23H,6H2,(H,20,24). The number of carbonyl (C=O) groups is 1. The van der Waals surface area contributed by atoms with Crippen molar-refractivity contribution in [1.82, 2.24) is 19.9 Å². The molecule has 0 saturated carbocycles. The van der Waals surface area contributed by atoms with Gasteiger partial charge in [-0.3, -0.25) is 9.20 Å². The van der Waals surface area contributed by atoms with E-state index >= 15 is 0 Å². The summed E-state index contributed by atoms with van der Waals surface area (Å²) in [5.74, 6) is -5.00. The highest BCUT2D eigenvalue weighted by Gasteiger charge is 2.19. The summed E-state index contributed by atoms with van der Waals surface area (Å²) in [6.45, 7) is -0.620. The molecule has 2 aromatic heterocycles. The van der Waals surface area contributed by atoms with Gasteiger partial charge in [0.15, 0.2) is 23.1 Å². The number of amides is 1. The minimum Gasteiger partial charge on any atom is -0.394 e. The van der Waals surface area contributed by atoms with Gasteiger partial charge < -0.3 is 10.4 Å². The third-order valence-corrected chi connectivity index (χ3v) is 3.45. The van der Waals surface area contributed by atoms with Crippen molar-refractivity contribution in [2.24, 2.45) is 0 Å². The molecule has 3 rings (SSSR count). The molecule has 24 heavy (non-hydrogen) atoms. The molecule has 3 aromatic rings. The number of carbonyl (C=O) groups excluding carboxylic acids is 1. The molecular formula is C15H11F3N4O2. The van der Waals surface area contributed by atoms with Crippen molar-refractivity contribution in [3.63, 3.8) is 0 Å². The summed E-state index contributed by atoms with van der Waals surface area (Å²) in [7, 11) is 0. The SMILES string of the molecule is O=C(NC(CO)c1cc(F)c(F)c(F)c1)c1ccc2nncn2c1. The van der Waals surface area contributed by atoms with Gasteiger partial charge in [-0.05, 0) is 29.8 Å². The van der Waals surface area contributed by atoms with E-state index in [-0.39, 0.29) is 11.1 Å². The first-order valence-corrected chi connectivity index (χ1v) is 6.85. The van der Waals surface area contributed by atoms with Gasteiger partial charge in [0.1, 0.15) is 6.33 Å². The number of hydrogen-bond donors (Lipinski definition) is 2. The van der Waals surface area contributed by atoms with E-state index in [4.69, 9.17) is 0 Å². The topological polar surface area (TPSA) is 79.5 Å². The molecule has 0 aliphatic heterocycles. The normalized spacial score (nSPS) is 12.3. The highest BCUT2D eigenvalue weighted by Crippen LogP contribution is 2.19. The lowest BCUT2D eigenvalue weighted by Crippen LogP contribution is -2.31. The molecule has 9 heteroatoms. The Balaban J connectivity index is 1.85. The summed E-state index contributed by atoms with van der Waals surface area (Å²) in [5, 5.41) is 19.3. The van der Waals surface area contributed by atoms with Gasteiger partial charge in [0, 0.05) is 6.20 Å². The first kappa shape index (κ1) is 15.9. The minimum absolute atomic E-state index is 0.0902. The second-order valence-corrected chi connectivity index (χ2v) is 5.02. The van der Waals surface area contributed by atoms with Gasteiger partial charge in [-0.15, -0.1) is 10.2 Å². The zero-order valence-corrected chi connectivity index (χ0v) is 12.1. The van der Waals surface area contributed by atoms with Crippen LogP contribution in [-0.4, -0.2) is 32.2 Å². The van der Waals surface area contributed by atoms with Crippen LogP contribution in [0.5, 0.6) is 0 Å². The van der Waals surface area contributed by atoms with E-state index in [9.17, 15) is 23.1 Å². The molecule has 0 bridgehead atoms. The number of aromatic nitrogens is 3. The zero-order valence-electron chi connectivity index (χ0n) is 12.1. The number of pyridine rings is 1. The Morgan fingerprint density at radius 1 is 1.25 bits per heavy atom. The number of nitrogens with one attached hydrogen (secondary N) is 1. The molecule has 1 atom stereocenters. The summed E-state index contributed by atoms with van der Waals surface area (Å²) < 4.78 is 41.1. The Hall–Kier alpha value is -2.94. The van der Waals surface area contributed by atoms with Crippen LogP contribution in [0.25, 0.3) is 5.65 Å². The van der Waals surface area contributed by atoms with E-state index in [0.29, 0.717) is 5.65 Å². The molecule has 1 unspecified atom stereocenters. The van der Waals surface area contributed by atoms with Gasteiger partial charge >= 0.3 is 0 Å². The summed E-state index contributed by atoms with van der Waals surface area (Å²) in [5.41, 5.74) is 0.671. The third kappa shape index (κ3) is 2.93. The number of halogens is 3. The highest BCUT2D eigenvalue weighted by atomic mass is 19.2. The van der Waals surface area contributed by atoms with Gasteiger partial charge in [-0.2, -0.15) is 0 Å². The Labute approximate surface area is 133 Å². The van der Waals surface area contributed by atoms with Crippen molar-refractivity contribution in [3.05, 3.63) is 65.4 Å². The van der Waals surface area contributed by atoms with Crippen molar-refractivity contribution in [2.75, 3.05) is 6.61 Å². The fourth-order valence-electron chi connectivity index (χ4n) is 2.21. The van der Waals surface area contributed by atoms with Crippen molar-refractivity contribution >= 4 is 11.6 Å². The first-order valence-electron chi connectivity index (χ1n) is 6.85. The molecule has 124 valence electrons. The van der Waals surface area contributed by atoms with Crippen LogP contribution in [0.2, 0.25) is 0 Å². The van der Waals surface area contributed by atoms with Crippen LogP contribution < -0.4 is 5.32 Å². The largest absolute Gasteiger partial charge is 0.394 e. The predicted octanol–water partition coefficient (Wildman–Crippen LogP) is 1.61. The average Bonchev–Trinajstić information content (AvgIpc) is 3.04. The van der Waals surface area contributed by atoms with Gasteiger partial charge in [-0.25, -0.2) is 13.2 Å². The highest BCUT2D eigenvalue weighted by molar-refractivity contribution is 5.94. The van der Waals surface area contributed by atoms with Crippen molar-refractivity contribution < 1.29 is 23.1 Å². The Kier molecular flexibility index (Phi) is 4.17. The number of hydrogen-bond acceptors (Lipinski definition) is 4. The minimum atomic E-state index is -1.61. The quantitative estimate of drug-likeness (QED) is 0.710. The maximum absolute atomic E-state index is 13.3. The smallest absolute Gasteiger partial charge is 0.253 e. The van der Waals surface area contributed by atoms with Gasteiger partial charge in [0.25, 0.3) is 5.91 Å². The second kappa shape index (κ2) is 6.28. The number of aliphatic hydroxyl groups excluding tert-OH is 1. The molecule has 1 amide bonds. The third-order valence-electron chi connectivity index (χ3n) is 3.45. The van der Waals surface area contributed by atoms with Crippen LogP contribution in [0.1, 0.15) is 22.0 Å². The van der Waals surface area contributed by atoms with E-state index in [1.807, 2.05) is 0 Å². The van der Waals surface area contributed by atoms with Crippen LogP contribution in [-0.2, 0) is 0 Å². The van der Waals surface area contributed by atoms with Crippen molar-refractivity contribution in [2.45, 2.75) is 6.04 Å². The molecule has 0 fully saturated rings. The molecule has 0 spiro atoms. The molecule has 0 aliphatic rings. The Morgan fingerprint density at radius 3 is 2.62 bits per heavy atom. The van der Waals surface area contributed by atoms with E-state index in [1.54, 1.807) is 6.07 Å². The lowest BCUT2D eigenvalue weighted by atomic mass is 10.1. The van der Waals surface area contributed by atoms with E-state index in [0.717, 1.165) is 12.1 Å². The summed E-state index contributed by atoms with van der Waals surface area (Å²) in [6, 6.07) is 3.40. The maximum Gasteiger partial charge on any atom is 0.253 e. The van der Waals surface area contributed by atoms with Crippen LogP contribution in [0.4, 0.5) is 13.2 Å². The molecule has 0 aliphatic carbocycles. The summed E-state index contributed by atoms with van der Waals surface area (Å²) >= 11 is 0. The monoisotopic (exact) mass is 336 g/mol. The number of rotatable bonds is 4. The number of benzene rings is 1. The van der Waals surface area contributed by atoms with Gasteiger partial charge in [-0.1, -0.05) is 0 Å². The Morgan fingerprint density at radius 2 is 1.96 bits per heavy atom. The fourth-order valence-corrected chi connectivity index (χ4v) is 2.21. The van der Waals surface area contributed by atoms with E-state index in [2.05, 4.69) is 15.5 Å². The zero-order chi connectivity index (χ0) is 17.3. The lowest BCUT2D eigenvalue weighted by molar-refractivity contribution is 0.0915. The number of nitrogens with zero attached hydrogens (tertiary/aromatic N) is 3. The molecule has 2 N–H and O–H groups in total. The van der Waals surface area contributed by atoms with Gasteiger partial charge in [0.2, 0.25) is 0 Å². The second-order valence-electron chi connectivity index (χ2n) is 5.02. The molecule has 2 heterocycles. The molecule has 1 aromatic carbocycles. The van der Waals surface area contributed by atoms with Crippen molar-refractivity contribution in [3.8, 4) is 0 Å². The lowest BCUT2D eigenvalue weighted by Gasteiger charge is -2.17. The molecule has 0 saturated heterocycles. The van der Waals surface area contributed by atoms with Crippen LogP contribution >= 0.6 is 0 Å². The van der Waals surface area contributed by atoms with Crippen LogP contribution in [0.3, 0.4) is 0 Å². The molecular weight excluding hydrogens is 325 g/mol. The molecule has 6 nitrogen and oxygen atoms in total. The number of aliphatic hydroxyl groups is 1. The van der Waals surface area contributed by atoms with Crippen LogP contribution in [0, 0.1) is 17.5 Å². The summed E-state index contributed by atoms with van der Waals surface area (Å²) in [6.07, 6.45) is 2.87. The predicted molar refractivity (Wildman–Crippen MR) is 76.6 cm³/mol. The van der Waals surface area contributed by atoms with E-state index in [1.165, 1.54) is 23.0 Å².